The molecule has 4 nitrogen and oxygen atoms in total. The molecule has 1 heterocycles. The summed E-state index contributed by atoms with van der Waals surface area (Å²) in [6.45, 7) is 0.690. The molecular weight excluding hydrogens is 184 g/mol. The Labute approximate surface area is 84.1 Å². The van der Waals surface area contributed by atoms with Crippen LogP contribution < -0.4 is 0 Å². The van der Waals surface area contributed by atoms with E-state index < -0.39 is 6.29 Å². The number of methoxy groups -OCH3 is 2. The van der Waals surface area contributed by atoms with Gasteiger partial charge in [0.05, 0.1) is 18.8 Å². The van der Waals surface area contributed by atoms with Crippen LogP contribution in [0.25, 0.3) is 0 Å². The first kappa shape index (κ1) is 10.4. The van der Waals surface area contributed by atoms with E-state index in [-0.39, 0.29) is 12.2 Å². The minimum Gasteiger partial charge on any atom is -0.384 e. The molecule has 0 aromatic carbocycles. The highest BCUT2D eigenvalue weighted by Crippen LogP contribution is 2.43. The van der Waals surface area contributed by atoms with E-state index in [0.717, 1.165) is 12.8 Å². The van der Waals surface area contributed by atoms with Crippen molar-refractivity contribution >= 4 is 0 Å². The van der Waals surface area contributed by atoms with E-state index in [1.807, 2.05) is 0 Å². The number of hydrogen-bond donors (Lipinski definition) is 1. The van der Waals surface area contributed by atoms with Crippen LogP contribution in [0.2, 0.25) is 0 Å². The minimum atomic E-state index is -0.581. The van der Waals surface area contributed by atoms with Crippen molar-refractivity contribution in [3.8, 4) is 0 Å². The first-order chi connectivity index (χ1) is 6.76. The second kappa shape index (κ2) is 4.14. The fourth-order valence-electron chi connectivity index (χ4n) is 2.80. The molecule has 5 atom stereocenters. The van der Waals surface area contributed by atoms with Crippen molar-refractivity contribution in [1.29, 1.82) is 0 Å². The van der Waals surface area contributed by atoms with Gasteiger partial charge in [-0.1, -0.05) is 0 Å². The molecule has 2 rings (SSSR count). The molecule has 0 aromatic rings. The highest BCUT2D eigenvalue weighted by Gasteiger charge is 2.49. The third-order valence-electron chi connectivity index (χ3n) is 3.44. The fourth-order valence-corrected chi connectivity index (χ4v) is 2.80. The molecule has 0 aromatic heterocycles. The zero-order valence-electron chi connectivity index (χ0n) is 8.68. The van der Waals surface area contributed by atoms with Gasteiger partial charge in [-0.15, -0.1) is 0 Å². The van der Waals surface area contributed by atoms with E-state index in [2.05, 4.69) is 0 Å². The van der Waals surface area contributed by atoms with E-state index in [1.54, 1.807) is 14.2 Å². The van der Waals surface area contributed by atoms with Gasteiger partial charge >= 0.3 is 0 Å². The summed E-state index contributed by atoms with van der Waals surface area (Å²) in [4.78, 5) is 0. The number of aliphatic hydroxyl groups excluding tert-OH is 1. The molecule has 0 amide bonds. The van der Waals surface area contributed by atoms with Crippen molar-refractivity contribution in [2.45, 2.75) is 31.3 Å². The van der Waals surface area contributed by atoms with E-state index >= 15 is 0 Å². The summed E-state index contributed by atoms with van der Waals surface area (Å²) in [5, 5.41) is 9.38. The number of aliphatic hydroxyl groups is 1. The summed E-state index contributed by atoms with van der Waals surface area (Å²) in [5.41, 5.74) is 0. The molecule has 1 saturated carbocycles. The first-order valence-electron chi connectivity index (χ1n) is 5.11. The molecule has 2 aliphatic rings. The zero-order chi connectivity index (χ0) is 10.1. The molecule has 0 radical (unpaired) electrons. The smallest absolute Gasteiger partial charge is 0.155 e. The average Bonchev–Trinajstić information content (AvgIpc) is 2.64. The van der Waals surface area contributed by atoms with Crippen LogP contribution in [0.15, 0.2) is 0 Å². The summed E-state index contributed by atoms with van der Waals surface area (Å²) in [7, 11) is 3.43. The van der Waals surface area contributed by atoms with Crippen LogP contribution in [-0.4, -0.2) is 44.4 Å². The minimum absolute atomic E-state index is 0.162. The second-order valence-electron chi connectivity index (χ2n) is 4.16. The van der Waals surface area contributed by atoms with Crippen LogP contribution >= 0.6 is 0 Å². The van der Waals surface area contributed by atoms with Gasteiger partial charge in [-0.05, 0) is 5.92 Å². The lowest BCUT2D eigenvalue weighted by molar-refractivity contribution is -0.0970. The maximum Gasteiger partial charge on any atom is 0.155 e. The van der Waals surface area contributed by atoms with Crippen molar-refractivity contribution in [3.05, 3.63) is 0 Å². The molecule has 2 fully saturated rings. The van der Waals surface area contributed by atoms with Crippen molar-refractivity contribution < 1.29 is 19.3 Å². The lowest BCUT2D eigenvalue weighted by atomic mass is 9.93. The van der Waals surface area contributed by atoms with Gasteiger partial charge in [-0.3, -0.25) is 0 Å². The normalized spacial score (nSPS) is 46.9. The molecule has 1 saturated heterocycles. The third kappa shape index (κ3) is 1.67. The second-order valence-corrected chi connectivity index (χ2v) is 4.16. The van der Waals surface area contributed by atoms with Crippen molar-refractivity contribution in [2.75, 3.05) is 20.8 Å². The van der Waals surface area contributed by atoms with Crippen LogP contribution in [0.1, 0.15) is 12.8 Å². The van der Waals surface area contributed by atoms with E-state index in [9.17, 15) is 5.11 Å². The summed E-state index contributed by atoms with van der Waals surface area (Å²) in [5.74, 6) is 0.766. The monoisotopic (exact) mass is 202 g/mol. The van der Waals surface area contributed by atoms with Gasteiger partial charge in [0.25, 0.3) is 0 Å². The standard InChI is InChI=1S/C10H18O4/c1-12-5-7-6-3-10(11)14-9(6)4-8(7)13-2/h6-11H,3-5H2,1-2H3/t6-,7-,8?,9?,10?/m1/s1. The van der Waals surface area contributed by atoms with Crippen LogP contribution in [0.4, 0.5) is 0 Å². The predicted octanol–water partition coefficient (Wildman–Crippen LogP) is 0.391. The molecule has 82 valence electrons. The van der Waals surface area contributed by atoms with Crippen LogP contribution in [-0.2, 0) is 14.2 Å². The zero-order valence-corrected chi connectivity index (χ0v) is 8.68. The van der Waals surface area contributed by atoms with Crippen molar-refractivity contribution in [1.82, 2.24) is 0 Å². The summed E-state index contributed by atoms with van der Waals surface area (Å²) >= 11 is 0. The van der Waals surface area contributed by atoms with Gasteiger partial charge in [0.1, 0.15) is 0 Å². The predicted molar refractivity (Wildman–Crippen MR) is 49.8 cm³/mol. The quantitative estimate of drug-likeness (QED) is 0.719. The Morgan fingerprint density at radius 2 is 2.14 bits per heavy atom. The van der Waals surface area contributed by atoms with Gasteiger partial charge in [0, 0.05) is 33.0 Å². The maximum atomic E-state index is 9.38. The van der Waals surface area contributed by atoms with Gasteiger partial charge in [-0.2, -0.15) is 0 Å². The SMILES string of the molecule is COC[C@H]1C(OC)CC2OC(O)C[C@@H]21. The van der Waals surface area contributed by atoms with E-state index in [4.69, 9.17) is 14.2 Å². The lowest BCUT2D eigenvalue weighted by Gasteiger charge is -2.21. The van der Waals surface area contributed by atoms with E-state index in [0.29, 0.717) is 18.4 Å². The van der Waals surface area contributed by atoms with Crippen LogP contribution in [0.3, 0.4) is 0 Å². The van der Waals surface area contributed by atoms with Crippen molar-refractivity contribution in [3.63, 3.8) is 0 Å². The number of hydrogen-bond acceptors (Lipinski definition) is 4. The third-order valence-corrected chi connectivity index (χ3v) is 3.44. The summed E-state index contributed by atoms with van der Waals surface area (Å²) in [6.07, 6.45) is 1.40. The Bertz CT molecular complexity index is 197. The van der Waals surface area contributed by atoms with Gasteiger partial charge in [-0.25, -0.2) is 0 Å². The largest absolute Gasteiger partial charge is 0.384 e. The van der Waals surface area contributed by atoms with Gasteiger partial charge in [0.15, 0.2) is 6.29 Å². The lowest BCUT2D eigenvalue weighted by Crippen LogP contribution is -2.26. The summed E-state index contributed by atoms with van der Waals surface area (Å²) < 4.78 is 16.0. The average molecular weight is 202 g/mol. The topological polar surface area (TPSA) is 47.9 Å². The first-order valence-corrected chi connectivity index (χ1v) is 5.11. The maximum absolute atomic E-state index is 9.38. The Morgan fingerprint density at radius 3 is 2.79 bits per heavy atom. The fraction of sp³-hybridized carbons (Fsp3) is 1.00. The van der Waals surface area contributed by atoms with Gasteiger partial charge < -0.3 is 19.3 Å². The Hall–Kier alpha value is -0.160. The van der Waals surface area contributed by atoms with Crippen LogP contribution in [0, 0.1) is 11.8 Å². The molecule has 0 spiro atoms. The highest BCUT2D eigenvalue weighted by atomic mass is 16.6. The molecule has 4 heteroatoms. The molecule has 0 bridgehead atoms. The summed E-state index contributed by atoms with van der Waals surface area (Å²) in [6, 6.07) is 0. The Balaban J connectivity index is 2.02. The molecular formula is C10H18O4. The number of fused-ring (bicyclic) bond motifs is 1. The molecule has 14 heavy (non-hydrogen) atoms. The molecule has 1 aliphatic heterocycles. The van der Waals surface area contributed by atoms with Crippen LogP contribution in [0.5, 0.6) is 0 Å². The molecule has 1 N–H and O–H groups in total. The van der Waals surface area contributed by atoms with E-state index in [1.165, 1.54) is 0 Å². The number of ether oxygens (including phenoxy) is 3. The highest BCUT2D eigenvalue weighted by molar-refractivity contribution is 4.96. The van der Waals surface area contributed by atoms with Crippen molar-refractivity contribution in [2.24, 2.45) is 11.8 Å². The Morgan fingerprint density at radius 1 is 1.36 bits per heavy atom. The Kier molecular flexibility index (Phi) is 3.07. The molecule has 3 unspecified atom stereocenters. The molecule has 1 aliphatic carbocycles. The van der Waals surface area contributed by atoms with Gasteiger partial charge in [0.2, 0.25) is 0 Å². The number of rotatable bonds is 3.